The van der Waals surface area contributed by atoms with Crippen LogP contribution in [0.3, 0.4) is 0 Å². The van der Waals surface area contributed by atoms with Gasteiger partial charge in [0.1, 0.15) is 5.76 Å². The molecule has 3 rings (SSSR count). The lowest BCUT2D eigenvalue weighted by Crippen LogP contribution is -2.44. The molecule has 0 spiro atoms. The van der Waals surface area contributed by atoms with Crippen LogP contribution < -0.4 is 10.6 Å². The lowest BCUT2D eigenvalue weighted by Gasteiger charge is -2.23. The molecule has 0 unspecified atom stereocenters. The molecule has 2 aromatic rings. The highest BCUT2D eigenvalue weighted by molar-refractivity contribution is 5.93. The number of aryl methyl sites for hydroxylation is 1. The van der Waals surface area contributed by atoms with Crippen molar-refractivity contribution in [2.45, 2.75) is 57.9 Å². The van der Waals surface area contributed by atoms with E-state index in [0.29, 0.717) is 24.5 Å². The summed E-state index contributed by atoms with van der Waals surface area (Å²) in [4.78, 5) is 39.0. The SMILES string of the molecule is Cc1cc(NC(=O)CCC(=O)N(CCc2ccccc2)CC(=O)NC2CCCC2)no1. The highest BCUT2D eigenvalue weighted by atomic mass is 16.5. The van der Waals surface area contributed by atoms with Crippen molar-refractivity contribution in [2.24, 2.45) is 0 Å². The Bertz CT molecular complexity index is 875. The van der Waals surface area contributed by atoms with Crippen molar-refractivity contribution in [1.29, 1.82) is 0 Å². The molecule has 1 heterocycles. The first-order chi connectivity index (χ1) is 15.0. The first kappa shape index (κ1) is 22.5. The number of aromatic nitrogens is 1. The van der Waals surface area contributed by atoms with E-state index in [9.17, 15) is 14.4 Å². The quantitative estimate of drug-likeness (QED) is 0.608. The van der Waals surface area contributed by atoms with E-state index < -0.39 is 0 Å². The summed E-state index contributed by atoms with van der Waals surface area (Å²) >= 11 is 0. The molecular weight excluding hydrogens is 396 g/mol. The van der Waals surface area contributed by atoms with Crippen LogP contribution in [0.2, 0.25) is 0 Å². The average Bonchev–Trinajstić information content (AvgIpc) is 3.41. The van der Waals surface area contributed by atoms with Gasteiger partial charge >= 0.3 is 0 Å². The molecule has 8 heteroatoms. The van der Waals surface area contributed by atoms with Crippen LogP contribution >= 0.6 is 0 Å². The minimum Gasteiger partial charge on any atom is -0.360 e. The zero-order valence-electron chi connectivity index (χ0n) is 17.9. The second kappa shape index (κ2) is 11.3. The largest absolute Gasteiger partial charge is 0.360 e. The molecule has 1 fully saturated rings. The fraction of sp³-hybridized carbons (Fsp3) is 0.478. The van der Waals surface area contributed by atoms with E-state index in [1.54, 1.807) is 17.9 Å². The Morgan fingerprint density at radius 2 is 1.84 bits per heavy atom. The molecule has 3 amide bonds. The fourth-order valence-corrected chi connectivity index (χ4v) is 3.73. The molecule has 166 valence electrons. The molecular formula is C23H30N4O4. The summed E-state index contributed by atoms with van der Waals surface area (Å²) in [6, 6.07) is 11.6. The van der Waals surface area contributed by atoms with Gasteiger partial charge in [-0.1, -0.05) is 48.3 Å². The standard InChI is InChI=1S/C23H30N4O4/c1-17-15-20(26-31-17)25-21(28)11-12-23(30)27(14-13-18-7-3-2-4-8-18)16-22(29)24-19-9-5-6-10-19/h2-4,7-8,15,19H,5-6,9-14,16H2,1H3,(H,24,29)(H,25,26,28). The van der Waals surface area contributed by atoms with Gasteiger partial charge in [0.2, 0.25) is 17.7 Å². The summed E-state index contributed by atoms with van der Waals surface area (Å²) in [5.74, 6) is 0.235. The van der Waals surface area contributed by atoms with Gasteiger partial charge in [-0.2, -0.15) is 0 Å². The van der Waals surface area contributed by atoms with E-state index in [0.717, 1.165) is 31.2 Å². The lowest BCUT2D eigenvalue weighted by atomic mass is 10.1. The van der Waals surface area contributed by atoms with Gasteiger partial charge in [-0.05, 0) is 31.7 Å². The Hall–Kier alpha value is -3.16. The maximum atomic E-state index is 12.8. The number of carbonyl (C=O) groups is 3. The van der Waals surface area contributed by atoms with E-state index in [4.69, 9.17) is 4.52 Å². The summed E-state index contributed by atoms with van der Waals surface area (Å²) in [6.07, 6.45) is 4.92. The zero-order chi connectivity index (χ0) is 22.1. The van der Waals surface area contributed by atoms with Gasteiger partial charge < -0.3 is 20.1 Å². The predicted octanol–water partition coefficient (Wildman–Crippen LogP) is 2.83. The van der Waals surface area contributed by atoms with Gasteiger partial charge in [0.25, 0.3) is 0 Å². The van der Waals surface area contributed by atoms with Crippen LogP contribution in [0.25, 0.3) is 0 Å². The molecule has 8 nitrogen and oxygen atoms in total. The number of amides is 3. The number of carbonyl (C=O) groups excluding carboxylic acids is 3. The van der Waals surface area contributed by atoms with Crippen LogP contribution in [-0.2, 0) is 20.8 Å². The van der Waals surface area contributed by atoms with Gasteiger partial charge in [0.05, 0.1) is 6.54 Å². The minimum atomic E-state index is -0.319. The van der Waals surface area contributed by atoms with Crippen LogP contribution in [0.1, 0.15) is 49.8 Å². The number of anilines is 1. The molecule has 0 bridgehead atoms. The second-order valence-electron chi connectivity index (χ2n) is 7.97. The maximum absolute atomic E-state index is 12.8. The molecule has 31 heavy (non-hydrogen) atoms. The van der Waals surface area contributed by atoms with Crippen molar-refractivity contribution in [3.63, 3.8) is 0 Å². The molecule has 1 saturated carbocycles. The Morgan fingerprint density at radius 3 is 2.52 bits per heavy atom. The minimum absolute atomic E-state index is 0.00622. The number of hydrogen-bond donors (Lipinski definition) is 2. The van der Waals surface area contributed by atoms with Crippen molar-refractivity contribution in [1.82, 2.24) is 15.4 Å². The Labute approximate surface area is 182 Å². The molecule has 2 N–H and O–H groups in total. The molecule has 0 atom stereocenters. The van der Waals surface area contributed by atoms with Crippen LogP contribution in [0.15, 0.2) is 40.9 Å². The van der Waals surface area contributed by atoms with Crippen molar-refractivity contribution in [2.75, 3.05) is 18.4 Å². The van der Waals surface area contributed by atoms with E-state index in [-0.39, 0.29) is 43.1 Å². The second-order valence-corrected chi connectivity index (χ2v) is 7.97. The third-order valence-corrected chi connectivity index (χ3v) is 5.38. The van der Waals surface area contributed by atoms with Crippen molar-refractivity contribution in [3.8, 4) is 0 Å². The Balaban J connectivity index is 1.53. The normalized spacial score (nSPS) is 13.7. The summed E-state index contributed by atoms with van der Waals surface area (Å²) in [6.45, 7) is 2.16. The van der Waals surface area contributed by atoms with Crippen molar-refractivity contribution < 1.29 is 18.9 Å². The number of rotatable bonds is 10. The zero-order valence-corrected chi connectivity index (χ0v) is 17.9. The van der Waals surface area contributed by atoms with E-state index in [1.807, 2.05) is 30.3 Å². The van der Waals surface area contributed by atoms with Crippen LogP contribution in [0, 0.1) is 6.92 Å². The monoisotopic (exact) mass is 426 g/mol. The number of nitrogens with zero attached hydrogens (tertiary/aromatic N) is 2. The van der Waals surface area contributed by atoms with Crippen molar-refractivity contribution in [3.05, 3.63) is 47.7 Å². The number of benzene rings is 1. The van der Waals surface area contributed by atoms with Gasteiger partial charge in [-0.25, -0.2) is 0 Å². The fourth-order valence-electron chi connectivity index (χ4n) is 3.73. The number of nitrogens with one attached hydrogen (secondary N) is 2. The Kier molecular flexibility index (Phi) is 8.20. The average molecular weight is 427 g/mol. The molecule has 1 aromatic carbocycles. The van der Waals surface area contributed by atoms with Gasteiger partial charge in [-0.3, -0.25) is 14.4 Å². The smallest absolute Gasteiger partial charge is 0.239 e. The number of hydrogen-bond acceptors (Lipinski definition) is 5. The van der Waals surface area contributed by atoms with Gasteiger partial charge in [0.15, 0.2) is 5.82 Å². The molecule has 1 aliphatic carbocycles. The highest BCUT2D eigenvalue weighted by Crippen LogP contribution is 2.17. The van der Waals surface area contributed by atoms with Gasteiger partial charge in [0, 0.05) is 31.5 Å². The summed E-state index contributed by atoms with van der Waals surface area (Å²) in [5.41, 5.74) is 1.09. The van der Waals surface area contributed by atoms with E-state index in [1.165, 1.54) is 0 Å². The predicted molar refractivity (Wildman–Crippen MR) is 116 cm³/mol. The third kappa shape index (κ3) is 7.55. The van der Waals surface area contributed by atoms with E-state index in [2.05, 4.69) is 15.8 Å². The van der Waals surface area contributed by atoms with Gasteiger partial charge in [-0.15, -0.1) is 0 Å². The third-order valence-electron chi connectivity index (χ3n) is 5.38. The summed E-state index contributed by atoms with van der Waals surface area (Å²) < 4.78 is 4.92. The topological polar surface area (TPSA) is 105 Å². The van der Waals surface area contributed by atoms with Crippen LogP contribution in [0.5, 0.6) is 0 Å². The van der Waals surface area contributed by atoms with Crippen LogP contribution in [0.4, 0.5) is 5.82 Å². The molecule has 1 aromatic heterocycles. The molecule has 0 saturated heterocycles. The van der Waals surface area contributed by atoms with Crippen molar-refractivity contribution >= 4 is 23.5 Å². The van der Waals surface area contributed by atoms with Crippen LogP contribution in [-0.4, -0.2) is 46.9 Å². The lowest BCUT2D eigenvalue weighted by molar-refractivity contribution is -0.137. The Morgan fingerprint density at radius 1 is 1.10 bits per heavy atom. The highest BCUT2D eigenvalue weighted by Gasteiger charge is 2.22. The first-order valence-corrected chi connectivity index (χ1v) is 10.8. The summed E-state index contributed by atoms with van der Waals surface area (Å²) in [7, 11) is 0. The maximum Gasteiger partial charge on any atom is 0.239 e. The molecule has 1 aliphatic rings. The molecule has 0 aliphatic heterocycles. The van der Waals surface area contributed by atoms with E-state index >= 15 is 0 Å². The summed E-state index contributed by atoms with van der Waals surface area (Å²) in [5, 5.41) is 9.36. The molecule has 0 radical (unpaired) electrons. The first-order valence-electron chi connectivity index (χ1n) is 10.8.